The second-order valence-corrected chi connectivity index (χ2v) is 8.94. The number of amides is 1. The zero-order chi connectivity index (χ0) is 22.1. The van der Waals surface area contributed by atoms with Gasteiger partial charge < -0.3 is 21.1 Å². The Morgan fingerprint density at radius 1 is 1.28 bits per heavy atom. The lowest BCUT2D eigenvalue weighted by Gasteiger charge is -2.36. The molecule has 1 aliphatic heterocycles. The number of thiophene rings is 1. The Labute approximate surface area is 211 Å². The summed E-state index contributed by atoms with van der Waals surface area (Å²) in [5, 5.41) is 9.02. The molecule has 0 spiro atoms. The number of nitrogens with zero attached hydrogens (tertiary/aromatic N) is 2. The van der Waals surface area contributed by atoms with Crippen LogP contribution in [0.5, 0.6) is 5.75 Å². The molecule has 0 bridgehead atoms. The molecule has 1 saturated heterocycles. The number of benzene rings is 1. The Balaban J connectivity index is 0.00000363. The van der Waals surface area contributed by atoms with Crippen LogP contribution in [0.2, 0.25) is 0 Å². The van der Waals surface area contributed by atoms with Crippen molar-refractivity contribution >= 4 is 47.2 Å². The third-order valence-corrected chi connectivity index (χ3v) is 6.53. The highest BCUT2D eigenvalue weighted by atomic mass is 127. The summed E-state index contributed by atoms with van der Waals surface area (Å²) in [7, 11) is 1.78. The minimum absolute atomic E-state index is 0. The monoisotopic (exact) mass is 571 g/mol. The summed E-state index contributed by atoms with van der Waals surface area (Å²) in [5.74, 6) is 1.70. The second kappa shape index (κ2) is 13.6. The van der Waals surface area contributed by atoms with Crippen LogP contribution in [0.1, 0.15) is 36.2 Å². The normalized spacial score (nSPS) is 16.1. The van der Waals surface area contributed by atoms with Gasteiger partial charge in [0, 0.05) is 25.0 Å². The number of piperidine rings is 1. The molecule has 3 rings (SSSR count). The van der Waals surface area contributed by atoms with Gasteiger partial charge in [-0.25, -0.2) is 0 Å². The molecular formula is C23H34IN5O2S. The molecule has 0 saturated carbocycles. The first-order valence-corrected chi connectivity index (χ1v) is 11.6. The van der Waals surface area contributed by atoms with Gasteiger partial charge in [-0.05, 0) is 61.0 Å². The fourth-order valence-corrected chi connectivity index (χ4v) is 4.59. The van der Waals surface area contributed by atoms with Gasteiger partial charge >= 0.3 is 0 Å². The summed E-state index contributed by atoms with van der Waals surface area (Å²) in [6, 6.07) is 12.3. The van der Waals surface area contributed by atoms with Gasteiger partial charge in [-0.15, -0.1) is 35.3 Å². The summed E-state index contributed by atoms with van der Waals surface area (Å²) in [6.07, 6.45) is 2.51. The Morgan fingerprint density at radius 3 is 2.72 bits per heavy atom. The SMILES string of the molecule is CN=C(NCc1cccc(OCC(N)=O)c1)NCC(c1cccs1)N1CCC(C)CC1.I. The van der Waals surface area contributed by atoms with Gasteiger partial charge in [0.2, 0.25) is 0 Å². The van der Waals surface area contributed by atoms with Gasteiger partial charge in [0.05, 0.1) is 6.04 Å². The average Bonchev–Trinajstić information content (AvgIpc) is 3.30. The lowest BCUT2D eigenvalue weighted by molar-refractivity contribution is -0.119. The maximum atomic E-state index is 10.9. The summed E-state index contributed by atoms with van der Waals surface area (Å²) < 4.78 is 5.38. The number of rotatable bonds is 9. The molecule has 1 aromatic carbocycles. The van der Waals surface area contributed by atoms with Crippen molar-refractivity contribution in [1.82, 2.24) is 15.5 Å². The van der Waals surface area contributed by atoms with E-state index in [1.807, 2.05) is 35.6 Å². The van der Waals surface area contributed by atoms with Crippen molar-refractivity contribution in [3.05, 3.63) is 52.2 Å². The number of carbonyl (C=O) groups excluding carboxylic acids is 1. The predicted molar refractivity (Wildman–Crippen MR) is 142 cm³/mol. The topological polar surface area (TPSA) is 92.0 Å². The number of halogens is 1. The largest absolute Gasteiger partial charge is 0.484 e. The smallest absolute Gasteiger partial charge is 0.255 e. The van der Waals surface area contributed by atoms with Crippen LogP contribution in [0.3, 0.4) is 0 Å². The van der Waals surface area contributed by atoms with E-state index in [0.717, 1.165) is 37.1 Å². The first-order chi connectivity index (χ1) is 15.0. The van der Waals surface area contributed by atoms with Gasteiger partial charge in [0.1, 0.15) is 5.75 Å². The van der Waals surface area contributed by atoms with E-state index in [1.54, 1.807) is 7.05 Å². The molecule has 1 aliphatic rings. The molecule has 4 N–H and O–H groups in total. The summed E-state index contributed by atoms with van der Waals surface area (Å²) in [4.78, 5) is 19.3. The van der Waals surface area contributed by atoms with Crippen LogP contribution in [-0.2, 0) is 11.3 Å². The quantitative estimate of drug-likeness (QED) is 0.244. The van der Waals surface area contributed by atoms with Gasteiger partial charge in [-0.3, -0.25) is 14.7 Å². The van der Waals surface area contributed by atoms with Crippen molar-refractivity contribution in [2.24, 2.45) is 16.6 Å². The number of hydrogen-bond donors (Lipinski definition) is 3. The van der Waals surface area contributed by atoms with Crippen molar-refractivity contribution in [2.75, 3.05) is 33.3 Å². The average molecular weight is 572 g/mol. The van der Waals surface area contributed by atoms with E-state index in [9.17, 15) is 4.79 Å². The predicted octanol–water partition coefficient (Wildman–Crippen LogP) is 3.37. The second-order valence-electron chi connectivity index (χ2n) is 7.96. The zero-order valence-corrected chi connectivity index (χ0v) is 21.9. The Kier molecular flexibility index (Phi) is 11.3. The standard InChI is InChI=1S/C23H33N5O2S.HI/c1-17-8-10-28(11-9-17)20(21-7-4-12-31-21)15-27-23(25-2)26-14-18-5-3-6-19(13-18)30-16-22(24)29;/h3-7,12-13,17,20H,8-11,14-16H2,1-2H3,(H2,24,29)(H2,25,26,27);1H. The highest BCUT2D eigenvalue weighted by Gasteiger charge is 2.25. The highest BCUT2D eigenvalue weighted by Crippen LogP contribution is 2.29. The van der Waals surface area contributed by atoms with Crippen LogP contribution in [-0.4, -0.2) is 50.1 Å². The third kappa shape index (κ3) is 8.25. The fourth-order valence-electron chi connectivity index (χ4n) is 3.73. The molecule has 2 heterocycles. The molecule has 1 atom stereocenters. The van der Waals surface area contributed by atoms with Crippen molar-refractivity contribution < 1.29 is 9.53 Å². The molecule has 0 aliphatic carbocycles. The van der Waals surface area contributed by atoms with E-state index in [4.69, 9.17) is 10.5 Å². The molecule has 7 nitrogen and oxygen atoms in total. The van der Waals surface area contributed by atoms with Crippen LogP contribution < -0.4 is 21.1 Å². The van der Waals surface area contributed by atoms with Crippen LogP contribution in [0.4, 0.5) is 0 Å². The Bertz CT molecular complexity index is 854. The number of ether oxygens (including phenoxy) is 1. The maximum Gasteiger partial charge on any atom is 0.255 e. The number of likely N-dealkylation sites (tertiary alicyclic amines) is 1. The van der Waals surface area contributed by atoms with Crippen LogP contribution >= 0.6 is 35.3 Å². The Hall–Kier alpha value is -1.85. The lowest BCUT2D eigenvalue weighted by atomic mass is 9.97. The molecule has 1 fully saturated rings. The molecule has 2 aromatic rings. The molecule has 1 unspecified atom stereocenters. The van der Waals surface area contributed by atoms with Crippen molar-refractivity contribution in [2.45, 2.75) is 32.4 Å². The molecule has 9 heteroatoms. The Morgan fingerprint density at radius 2 is 2.06 bits per heavy atom. The number of aliphatic imine (C=N–C) groups is 1. The highest BCUT2D eigenvalue weighted by molar-refractivity contribution is 14.0. The van der Waals surface area contributed by atoms with E-state index in [0.29, 0.717) is 18.3 Å². The van der Waals surface area contributed by atoms with Gasteiger partial charge in [-0.2, -0.15) is 0 Å². The molecular weight excluding hydrogens is 537 g/mol. The number of carbonyl (C=O) groups is 1. The molecule has 0 radical (unpaired) electrons. The van der Waals surface area contributed by atoms with E-state index < -0.39 is 5.91 Å². The van der Waals surface area contributed by atoms with Crippen LogP contribution in [0.15, 0.2) is 46.8 Å². The van der Waals surface area contributed by atoms with Gasteiger partial charge in [-0.1, -0.05) is 25.1 Å². The number of primary amides is 1. The van der Waals surface area contributed by atoms with E-state index in [1.165, 1.54) is 17.7 Å². The summed E-state index contributed by atoms with van der Waals surface area (Å²) in [5.41, 5.74) is 6.18. The van der Waals surface area contributed by atoms with Crippen molar-refractivity contribution in [3.8, 4) is 5.75 Å². The van der Waals surface area contributed by atoms with Crippen LogP contribution in [0.25, 0.3) is 0 Å². The summed E-state index contributed by atoms with van der Waals surface area (Å²) in [6.45, 7) is 5.88. The van der Waals surface area contributed by atoms with E-state index >= 15 is 0 Å². The molecule has 32 heavy (non-hydrogen) atoms. The third-order valence-electron chi connectivity index (χ3n) is 5.56. The van der Waals surface area contributed by atoms with Gasteiger partial charge in [0.15, 0.2) is 12.6 Å². The molecule has 1 amide bonds. The first-order valence-electron chi connectivity index (χ1n) is 10.8. The summed E-state index contributed by atoms with van der Waals surface area (Å²) >= 11 is 1.81. The minimum Gasteiger partial charge on any atom is -0.484 e. The first kappa shape index (κ1) is 26.4. The maximum absolute atomic E-state index is 10.9. The minimum atomic E-state index is -0.489. The van der Waals surface area contributed by atoms with Crippen LogP contribution in [0, 0.1) is 5.92 Å². The van der Waals surface area contributed by atoms with Gasteiger partial charge in [0.25, 0.3) is 5.91 Å². The van der Waals surface area contributed by atoms with Crippen molar-refractivity contribution in [1.29, 1.82) is 0 Å². The number of nitrogens with two attached hydrogens (primary N) is 1. The number of nitrogens with one attached hydrogen (secondary N) is 2. The zero-order valence-electron chi connectivity index (χ0n) is 18.8. The lowest BCUT2D eigenvalue weighted by Crippen LogP contribution is -2.44. The van der Waals surface area contributed by atoms with Crippen molar-refractivity contribution in [3.63, 3.8) is 0 Å². The van der Waals surface area contributed by atoms with E-state index in [2.05, 4.69) is 45.0 Å². The molecule has 176 valence electrons. The van der Waals surface area contributed by atoms with E-state index in [-0.39, 0.29) is 30.6 Å². The number of guanidine groups is 1. The molecule has 1 aromatic heterocycles. The fraction of sp³-hybridized carbons (Fsp3) is 0.478. The number of hydrogen-bond acceptors (Lipinski definition) is 5.